The fourth-order valence-corrected chi connectivity index (χ4v) is 1.50. The van der Waals surface area contributed by atoms with Crippen molar-refractivity contribution < 1.29 is 14.7 Å². The van der Waals surface area contributed by atoms with Crippen LogP contribution < -0.4 is 0 Å². The number of carboxylic acid groups (broad SMARTS) is 1. The van der Waals surface area contributed by atoms with Crippen LogP contribution in [0.25, 0.3) is 0 Å². The van der Waals surface area contributed by atoms with Gasteiger partial charge in [-0.25, -0.2) is 0 Å². The third kappa shape index (κ3) is 4.22. The summed E-state index contributed by atoms with van der Waals surface area (Å²) in [5.74, 6) is -1.06. The zero-order chi connectivity index (χ0) is 12.8. The van der Waals surface area contributed by atoms with Crippen LogP contribution in [0.1, 0.15) is 24.2 Å². The van der Waals surface area contributed by atoms with E-state index in [4.69, 9.17) is 5.11 Å². The molecule has 0 aromatic carbocycles. The number of hydrogen-bond acceptors (Lipinski definition) is 3. The van der Waals surface area contributed by atoms with Gasteiger partial charge in [-0.2, -0.15) is 0 Å². The summed E-state index contributed by atoms with van der Waals surface area (Å²) < 4.78 is 0. The highest BCUT2D eigenvalue weighted by molar-refractivity contribution is 5.95. The summed E-state index contributed by atoms with van der Waals surface area (Å²) in [5, 5.41) is 8.79. The van der Waals surface area contributed by atoms with Crippen molar-refractivity contribution in [2.75, 3.05) is 13.1 Å². The Hall–Kier alpha value is -1.91. The molecule has 0 atom stereocenters. The fraction of sp³-hybridized carbons (Fsp3) is 0.417. The van der Waals surface area contributed by atoms with E-state index in [-0.39, 0.29) is 18.4 Å². The molecule has 0 aliphatic carbocycles. The van der Waals surface area contributed by atoms with Crippen LogP contribution >= 0.6 is 0 Å². The molecule has 0 saturated heterocycles. The van der Waals surface area contributed by atoms with Gasteiger partial charge in [0, 0.05) is 24.5 Å². The average molecular weight is 236 g/mol. The first-order valence-corrected chi connectivity index (χ1v) is 5.41. The van der Waals surface area contributed by atoms with Crippen molar-refractivity contribution in [1.29, 1.82) is 0 Å². The SMILES string of the molecule is CC(C)CN(CC(=O)O)C(=O)c1ccncc1. The topological polar surface area (TPSA) is 70.5 Å². The van der Waals surface area contributed by atoms with Gasteiger partial charge in [-0.05, 0) is 18.1 Å². The summed E-state index contributed by atoms with van der Waals surface area (Å²) in [6.07, 6.45) is 3.03. The van der Waals surface area contributed by atoms with Crippen LogP contribution in [0.2, 0.25) is 0 Å². The zero-order valence-corrected chi connectivity index (χ0v) is 9.96. The second-order valence-corrected chi connectivity index (χ2v) is 4.21. The highest BCUT2D eigenvalue weighted by atomic mass is 16.4. The molecule has 1 amide bonds. The van der Waals surface area contributed by atoms with Gasteiger partial charge in [0.25, 0.3) is 5.91 Å². The quantitative estimate of drug-likeness (QED) is 0.835. The van der Waals surface area contributed by atoms with Gasteiger partial charge in [-0.1, -0.05) is 13.8 Å². The van der Waals surface area contributed by atoms with E-state index >= 15 is 0 Å². The van der Waals surface area contributed by atoms with Crippen LogP contribution in [0.3, 0.4) is 0 Å². The Morgan fingerprint density at radius 3 is 2.41 bits per heavy atom. The van der Waals surface area contributed by atoms with E-state index < -0.39 is 5.97 Å². The molecule has 0 bridgehead atoms. The maximum atomic E-state index is 12.1. The predicted molar refractivity (Wildman–Crippen MR) is 62.6 cm³/mol. The first-order chi connectivity index (χ1) is 8.00. The summed E-state index contributed by atoms with van der Waals surface area (Å²) in [5.41, 5.74) is 0.460. The number of amides is 1. The molecule has 1 aromatic heterocycles. The Balaban J connectivity index is 2.82. The van der Waals surface area contributed by atoms with E-state index in [9.17, 15) is 9.59 Å². The molecule has 0 aliphatic rings. The van der Waals surface area contributed by atoms with Crippen molar-refractivity contribution in [3.8, 4) is 0 Å². The van der Waals surface area contributed by atoms with Gasteiger partial charge in [0.05, 0.1) is 0 Å². The van der Waals surface area contributed by atoms with Gasteiger partial charge in [0.15, 0.2) is 0 Å². The molecule has 0 radical (unpaired) electrons. The minimum atomic E-state index is -1.01. The normalized spacial score (nSPS) is 10.3. The van der Waals surface area contributed by atoms with Gasteiger partial charge in [-0.3, -0.25) is 14.6 Å². The van der Waals surface area contributed by atoms with E-state index in [0.717, 1.165) is 0 Å². The van der Waals surface area contributed by atoms with E-state index in [1.165, 1.54) is 17.3 Å². The lowest BCUT2D eigenvalue weighted by molar-refractivity contribution is -0.137. The lowest BCUT2D eigenvalue weighted by atomic mass is 10.1. The van der Waals surface area contributed by atoms with E-state index in [0.29, 0.717) is 12.1 Å². The minimum Gasteiger partial charge on any atom is -0.480 e. The Kier molecular flexibility index (Phi) is 4.63. The minimum absolute atomic E-state index is 0.222. The first kappa shape index (κ1) is 13.2. The monoisotopic (exact) mass is 236 g/mol. The number of pyridine rings is 1. The Morgan fingerprint density at radius 2 is 1.94 bits per heavy atom. The van der Waals surface area contributed by atoms with E-state index in [1.807, 2.05) is 13.8 Å². The van der Waals surface area contributed by atoms with Crippen LogP contribution in [0, 0.1) is 5.92 Å². The summed E-state index contributed by atoms with van der Waals surface area (Å²) in [6, 6.07) is 3.16. The Labute approximate surface area is 100 Å². The summed E-state index contributed by atoms with van der Waals surface area (Å²) in [7, 11) is 0. The third-order valence-corrected chi connectivity index (χ3v) is 2.13. The van der Waals surface area contributed by atoms with Crippen molar-refractivity contribution in [2.45, 2.75) is 13.8 Å². The first-order valence-electron chi connectivity index (χ1n) is 5.41. The van der Waals surface area contributed by atoms with E-state index in [2.05, 4.69) is 4.98 Å². The molecule has 0 fully saturated rings. The number of carbonyl (C=O) groups is 2. The fourth-order valence-electron chi connectivity index (χ4n) is 1.50. The summed E-state index contributed by atoms with van der Waals surface area (Å²) >= 11 is 0. The van der Waals surface area contributed by atoms with Crippen LogP contribution in [0.15, 0.2) is 24.5 Å². The molecular formula is C12H16N2O3. The zero-order valence-electron chi connectivity index (χ0n) is 9.96. The number of carboxylic acids is 1. The van der Waals surface area contributed by atoms with Crippen molar-refractivity contribution in [3.05, 3.63) is 30.1 Å². The molecule has 0 unspecified atom stereocenters. The smallest absolute Gasteiger partial charge is 0.323 e. The molecule has 17 heavy (non-hydrogen) atoms. The lowest BCUT2D eigenvalue weighted by Crippen LogP contribution is -2.38. The molecular weight excluding hydrogens is 220 g/mol. The third-order valence-electron chi connectivity index (χ3n) is 2.13. The Morgan fingerprint density at radius 1 is 1.35 bits per heavy atom. The number of nitrogens with zero attached hydrogens (tertiary/aromatic N) is 2. The molecule has 5 heteroatoms. The van der Waals surface area contributed by atoms with E-state index in [1.54, 1.807) is 12.1 Å². The van der Waals surface area contributed by atoms with Crippen LogP contribution in [-0.2, 0) is 4.79 Å². The molecule has 1 rings (SSSR count). The standard InChI is InChI=1S/C12H16N2O3/c1-9(2)7-14(8-11(15)16)12(17)10-3-5-13-6-4-10/h3-6,9H,7-8H2,1-2H3,(H,15,16). The van der Waals surface area contributed by atoms with Crippen LogP contribution in [0.5, 0.6) is 0 Å². The molecule has 92 valence electrons. The number of carbonyl (C=O) groups excluding carboxylic acids is 1. The number of hydrogen-bond donors (Lipinski definition) is 1. The molecule has 1 aromatic rings. The summed E-state index contributed by atoms with van der Waals surface area (Å²) in [6.45, 7) is 4.02. The van der Waals surface area contributed by atoms with Crippen molar-refractivity contribution in [3.63, 3.8) is 0 Å². The van der Waals surface area contributed by atoms with Crippen molar-refractivity contribution in [1.82, 2.24) is 9.88 Å². The highest BCUT2D eigenvalue weighted by Crippen LogP contribution is 2.06. The average Bonchev–Trinajstić information content (AvgIpc) is 2.27. The molecule has 0 spiro atoms. The van der Waals surface area contributed by atoms with Crippen LogP contribution in [0.4, 0.5) is 0 Å². The Bertz CT molecular complexity index is 390. The molecule has 0 saturated carbocycles. The summed E-state index contributed by atoms with van der Waals surface area (Å²) in [4.78, 5) is 27.9. The number of aliphatic carboxylic acids is 1. The highest BCUT2D eigenvalue weighted by Gasteiger charge is 2.19. The van der Waals surface area contributed by atoms with Gasteiger partial charge >= 0.3 is 5.97 Å². The second kappa shape index (κ2) is 5.98. The molecule has 1 heterocycles. The predicted octanol–water partition coefficient (Wildman–Crippen LogP) is 1.26. The number of aromatic nitrogens is 1. The van der Waals surface area contributed by atoms with Crippen LogP contribution in [-0.4, -0.2) is 40.0 Å². The maximum Gasteiger partial charge on any atom is 0.323 e. The molecule has 1 N–H and O–H groups in total. The number of rotatable bonds is 5. The van der Waals surface area contributed by atoms with Crippen molar-refractivity contribution in [2.24, 2.45) is 5.92 Å². The molecule has 5 nitrogen and oxygen atoms in total. The largest absolute Gasteiger partial charge is 0.480 e. The maximum absolute atomic E-state index is 12.1. The van der Waals surface area contributed by atoms with Gasteiger partial charge in [-0.15, -0.1) is 0 Å². The second-order valence-electron chi connectivity index (χ2n) is 4.21. The van der Waals surface area contributed by atoms with Gasteiger partial charge in [0.1, 0.15) is 6.54 Å². The van der Waals surface area contributed by atoms with Gasteiger partial charge in [0.2, 0.25) is 0 Å². The lowest BCUT2D eigenvalue weighted by Gasteiger charge is -2.22. The van der Waals surface area contributed by atoms with Crippen molar-refractivity contribution >= 4 is 11.9 Å². The molecule has 0 aliphatic heterocycles. The van der Waals surface area contributed by atoms with Gasteiger partial charge < -0.3 is 10.0 Å².